The van der Waals surface area contributed by atoms with Crippen molar-refractivity contribution in [3.05, 3.63) is 46.7 Å². The Balaban J connectivity index is 1.76. The van der Waals surface area contributed by atoms with Gasteiger partial charge in [-0.3, -0.25) is 0 Å². The normalized spacial score (nSPS) is 12.3. The molecule has 3 aromatic rings. The third-order valence-electron chi connectivity index (χ3n) is 3.33. The highest BCUT2D eigenvalue weighted by Gasteiger charge is 2.16. The van der Waals surface area contributed by atoms with Crippen molar-refractivity contribution >= 4 is 28.0 Å². The van der Waals surface area contributed by atoms with Gasteiger partial charge in [0.05, 0.1) is 16.6 Å². The van der Waals surface area contributed by atoms with E-state index in [1.807, 2.05) is 25.1 Å². The molecular weight excluding hydrogens is 328 g/mol. The molecule has 0 saturated heterocycles. The first-order valence-electron chi connectivity index (χ1n) is 7.28. The number of thiazole rings is 1. The first-order chi connectivity index (χ1) is 11.2. The second-order valence-electron chi connectivity index (χ2n) is 5.15. The Morgan fingerprint density at radius 1 is 1.22 bits per heavy atom. The van der Waals surface area contributed by atoms with Crippen molar-refractivity contribution in [2.75, 3.05) is 12.4 Å². The second-order valence-corrected chi connectivity index (χ2v) is 6.93. The molecule has 1 atom stereocenters. The average molecular weight is 346 g/mol. The summed E-state index contributed by atoms with van der Waals surface area (Å²) in [5.74, 6) is 0.707. The monoisotopic (exact) mass is 346 g/mol. The van der Waals surface area contributed by atoms with Crippen LogP contribution in [0.15, 0.2) is 30.3 Å². The maximum absolute atomic E-state index is 5.05. The van der Waals surface area contributed by atoms with Crippen molar-refractivity contribution in [1.29, 1.82) is 0 Å². The molecule has 0 aliphatic rings. The van der Waals surface area contributed by atoms with Crippen LogP contribution in [-0.2, 0) is 11.3 Å². The molecule has 0 amide bonds. The molecule has 2 heterocycles. The van der Waals surface area contributed by atoms with Crippen molar-refractivity contribution in [2.24, 2.45) is 0 Å². The van der Waals surface area contributed by atoms with Gasteiger partial charge in [0.15, 0.2) is 5.82 Å². The minimum Gasteiger partial charge on any atom is -0.377 e. The Morgan fingerprint density at radius 3 is 2.74 bits per heavy atom. The molecule has 5 nitrogen and oxygen atoms in total. The number of nitrogens with one attached hydrogen (secondary N) is 1. The van der Waals surface area contributed by atoms with Gasteiger partial charge < -0.3 is 10.1 Å². The predicted molar refractivity (Wildman–Crippen MR) is 94.9 cm³/mol. The van der Waals surface area contributed by atoms with Gasteiger partial charge >= 0.3 is 0 Å². The van der Waals surface area contributed by atoms with Crippen LogP contribution in [0.2, 0.25) is 0 Å². The molecule has 0 fully saturated rings. The van der Waals surface area contributed by atoms with Crippen LogP contribution >= 0.6 is 22.9 Å². The molecule has 0 aliphatic carbocycles. The summed E-state index contributed by atoms with van der Waals surface area (Å²) in [7, 11) is 1.64. The molecule has 0 bridgehead atoms. The topological polar surface area (TPSA) is 59.9 Å². The zero-order valence-electron chi connectivity index (χ0n) is 13.2. The van der Waals surface area contributed by atoms with E-state index < -0.39 is 0 Å². The largest absolute Gasteiger partial charge is 0.377 e. The molecule has 7 heteroatoms. The van der Waals surface area contributed by atoms with Gasteiger partial charge in [-0.25, -0.2) is 9.97 Å². The molecule has 3 rings (SSSR count). The number of anilines is 1. The maximum atomic E-state index is 5.05. The Kier molecular flexibility index (Phi) is 5.00. The van der Waals surface area contributed by atoms with Crippen LogP contribution in [0.3, 0.4) is 0 Å². The minimum atomic E-state index is 0.133. The first kappa shape index (κ1) is 16.0. The summed E-state index contributed by atoms with van der Waals surface area (Å²) in [5.41, 5.74) is 2.20. The SMILES string of the molecule is COCc1nsc(N[C@H](C)c2sc(-c3ccccc3)nc2C)n1. The Labute approximate surface area is 143 Å². The number of aryl methyl sites for hydroxylation is 1. The van der Waals surface area contributed by atoms with E-state index in [1.165, 1.54) is 16.4 Å². The van der Waals surface area contributed by atoms with Crippen molar-refractivity contribution in [1.82, 2.24) is 14.3 Å². The molecule has 0 saturated carbocycles. The number of hydrogen-bond acceptors (Lipinski definition) is 7. The lowest BCUT2D eigenvalue weighted by Crippen LogP contribution is -2.06. The summed E-state index contributed by atoms with van der Waals surface area (Å²) >= 11 is 3.07. The molecule has 0 unspecified atom stereocenters. The average Bonchev–Trinajstić information content (AvgIpc) is 3.15. The van der Waals surface area contributed by atoms with Crippen molar-refractivity contribution in [3.8, 4) is 10.6 Å². The van der Waals surface area contributed by atoms with Gasteiger partial charge in [0.25, 0.3) is 0 Å². The zero-order valence-corrected chi connectivity index (χ0v) is 14.9. The summed E-state index contributed by atoms with van der Waals surface area (Å²) in [6, 6.07) is 10.4. The standard InChI is InChI=1S/C16H18N4OS2/c1-10-14(22-15(17-10)12-7-5-4-6-8-12)11(2)18-16-19-13(9-21-3)20-23-16/h4-8,11H,9H2,1-3H3,(H,18,19,20)/t11-/m1/s1. The van der Waals surface area contributed by atoms with Crippen LogP contribution in [-0.4, -0.2) is 21.5 Å². The first-order valence-corrected chi connectivity index (χ1v) is 8.87. The lowest BCUT2D eigenvalue weighted by molar-refractivity contribution is 0.179. The summed E-state index contributed by atoms with van der Waals surface area (Å²) in [6.45, 7) is 4.60. The maximum Gasteiger partial charge on any atom is 0.203 e. The fraction of sp³-hybridized carbons (Fsp3) is 0.312. The number of hydrogen-bond donors (Lipinski definition) is 1. The molecule has 2 aromatic heterocycles. The fourth-order valence-electron chi connectivity index (χ4n) is 2.27. The molecule has 23 heavy (non-hydrogen) atoms. The van der Waals surface area contributed by atoms with Gasteiger partial charge in [-0.1, -0.05) is 30.3 Å². The highest BCUT2D eigenvalue weighted by atomic mass is 32.1. The van der Waals surface area contributed by atoms with E-state index >= 15 is 0 Å². The highest BCUT2D eigenvalue weighted by Crippen LogP contribution is 2.33. The fourth-order valence-corrected chi connectivity index (χ4v) is 4.00. The second kappa shape index (κ2) is 7.16. The number of nitrogens with zero attached hydrogens (tertiary/aromatic N) is 3. The van der Waals surface area contributed by atoms with Gasteiger partial charge in [-0.2, -0.15) is 4.37 Å². The molecule has 0 spiro atoms. The Bertz CT molecular complexity index is 769. The molecule has 0 radical (unpaired) electrons. The number of rotatable bonds is 6. The smallest absolute Gasteiger partial charge is 0.203 e. The lowest BCUT2D eigenvalue weighted by atomic mass is 10.2. The minimum absolute atomic E-state index is 0.133. The summed E-state index contributed by atoms with van der Waals surface area (Å²) in [5, 5.41) is 5.25. The van der Waals surface area contributed by atoms with E-state index in [-0.39, 0.29) is 6.04 Å². The zero-order chi connectivity index (χ0) is 16.2. The van der Waals surface area contributed by atoms with Crippen LogP contribution in [0.25, 0.3) is 10.6 Å². The van der Waals surface area contributed by atoms with E-state index in [4.69, 9.17) is 9.72 Å². The molecule has 1 aromatic carbocycles. The predicted octanol–water partition coefficient (Wildman–Crippen LogP) is 4.29. The van der Waals surface area contributed by atoms with Gasteiger partial charge in [-0.15, -0.1) is 11.3 Å². The van der Waals surface area contributed by atoms with Crippen LogP contribution in [0.1, 0.15) is 29.4 Å². The van der Waals surface area contributed by atoms with E-state index in [0.717, 1.165) is 21.4 Å². The number of ether oxygens (including phenoxy) is 1. The highest BCUT2D eigenvalue weighted by molar-refractivity contribution is 7.15. The third-order valence-corrected chi connectivity index (χ3v) is 5.40. The van der Waals surface area contributed by atoms with Crippen molar-refractivity contribution < 1.29 is 4.74 Å². The van der Waals surface area contributed by atoms with E-state index in [1.54, 1.807) is 18.4 Å². The quantitative estimate of drug-likeness (QED) is 0.721. The summed E-state index contributed by atoms with van der Waals surface area (Å²) in [4.78, 5) is 10.3. The molecule has 120 valence electrons. The van der Waals surface area contributed by atoms with Gasteiger partial charge in [0.2, 0.25) is 5.13 Å². The van der Waals surface area contributed by atoms with Crippen LogP contribution < -0.4 is 5.32 Å². The number of benzene rings is 1. The molecular formula is C16H18N4OS2. The number of aromatic nitrogens is 3. The van der Waals surface area contributed by atoms with Crippen molar-refractivity contribution in [2.45, 2.75) is 26.5 Å². The van der Waals surface area contributed by atoms with Gasteiger partial charge in [0, 0.05) is 24.2 Å². The van der Waals surface area contributed by atoms with Crippen LogP contribution in [0, 0.1) is 6.92 Å². The third kappa shape index (κ3) is 3.74. The Morgan fingerprint density at radius 2 is 2.00 bits per heavy atom. The molecule has 0 aliphatic heterocycles. The Hall–Kier alpha value is -1.83. The van der Waals surface area contributed by atoms with E-state index in [2.05, 4.69) is 33.7 Å². The number of methoxy groups -OCH3 is 1. The van der Waals surface area contributed by atoms with Gasteiger partial charge in [0.1, 0.15) is 11.6 Å². The molecule has 1 N–H and O–H groups in total. The summed E-state index contributed by atoms with van der Waals surface area (Å²) in [6.07, 6.45) is 0. The summed E-state index contributed by atoms with van der Waals surface area (Å²) < 4.78 is 9.31. The van der Waals surface area contributed by atoms with Crippen molar-refractivity contribution in [3.63, 3.8) is 0 Å². The lowest BCUT2D eigenvalue weighted by Gasteiger charge is -2.10. The van der Waals surface area contributed by atoms with E-state index in [9.17, 15) is 0 Å². The van der Waals surface area contributed by atoms with Crippen LogP contribution in [0.4, 0.5) is 5.13 Å². The van der Waals surface area contributed by atoms with Gasteiger partial charge in [-0.05, 0) is 13.8 Å². The van der Waals surface area contributed by atoms with Crippen LogP contribution in [0.5, 0.6) is 0 Å². The van der Waals surface area contributed by atoms with E-state index in [0.29, 0.717) is 12.4 Å².